The molecule has 0 saturated carbocycles. The van der Waals surface area contributed by atoms with Crippen LogP contribution in [0.3, 0.4) is 0 Å². The van der Waals surface area contributed by atoms with Crippen LogP contribution in [0.2, 0.25) is 0 Å². The van der Waals surface area contributed by atoms with Gasteiger partial charge in [0, 0.05) is 17.4 Å². The molecule has 1 aromatic carbocycles. The van der Waals surface area contributed by atoms with Crippen LogP contribution in [0.15, 0.2) is 29.4 Å². The van der Waals surface area contributed by atoms with Crippen molar-refractivity contribution in [3.8, 4) is 11.8 Å². The Hall–Kier alpha value is -2.30. The van der Waals surface area contributed by atoms with Gasteiger partial charge in [0.05, 0.1) is 0 Å². The van der Waals surface area contributed by atoms with Gasteiger partial charge in [-0.05, 0) is 17.7 Å². The van der Waals surface area contributed by atoms with Crippen LogP contribution < -0.4 is 11.5 Å². The summed E-state index contributed by atoms with van der Waals surface area (Å²) in [6, 6.07) is 5.79. The zero-order valence-corrected chi connectivity index (χ0v) is 11.8. The van der Waals surface area contributed by atoms with E-state index in [1.807, 2.05) is 0 Å². The van der Waals surface area contributed by atoms with Gasteiger partial charge in [-0.25, -0.2) is 14.4 Å². The van der Waals surface area contributed by atoms with E-state index in [0.29, 0.717) is 28.1 Å². The normalized spacial score (nSPS) is 10.0. The molecule has 0 spiro atoms. The third-order valence-corrected chi connectivity index (χ3v) is 3.37. The summed E-state index contributed by atoms with van der Waals surface area (Å²) >= 11 is 1.32. The van der Waals surface area contributed by atoms with Crippen molar-refractivity contribution in [2.24, 2.45) is 0 Å². The Bertz CT molecular complexity index is 692. The average Bonchev–Trinajstić information content (AvgIpc) is 2.43. The van der Waals surface area contributed by atoms with Gasteiger partial charge < -0.3 is 16.6 Å². The fourth-order valence-corrected chi connectivity index (χ4v) is 2.47. The highest BCUT2D eigenvalue weighted by atomic mass is 32.2. The van der Waals surface area contributed by atoms with E-state index < -0.39 is 0 Å². The highest BCUT2D eigenvalue weighted by Gasteiger charge is 2.06. The summed E-state index contributed by atoms with van der Waals surface area (Å²) in [4.78, 5) is 8.12. The maximum absolute atomic E-state index is 13.2. The van der Waals surface area contributed by atoms with Gasteiger partial charge in [0.15, 0.2) is 5.16 Å². The molecule has 21 heavy (non-hydrogen) atoms. The molecular weight excluding hydrogens is 291 g/mol. The fourth-order valence-electron chi connectivity index (χ4n) is 1.59. The molecule has 0 atom stereocenters. The third kappa shape index (κ3) is 4.34. The molecule has 7 heteroatoms. The van der Waals surface area contributed by atoms with Gasteiger partial charge in [0.2, 0.25) is 0 Å². The maximum atomic E-state index is 13.2. The third-order valence-electron chi connectivity index (χ3n) is 2.48. The van der Waals surface area contributed by atoms with E-state index in [4.69, 9.17) is 16.6 Å². The minimum absolute atomic E-state index is 0.280. The van der Waals surface area contributed by atoms with Gasteiger partial charge in [0.1, 0.15) is 24.1 Å². The molecule has 1 aromatic heterocycles. The number of thioether (sulfide) groups is 1. The molecule has 0 radical (unpaired) electrons. The Morgan fingerprint density at radius 2 is 1.90 bits per heavy atom. The van der Waals surface area contributed by atoms with Crippen molar-refractivity contribution in [3.05, 3.63) is 41.2 Å². The van der Waals surface area contributed by atoms with Gasteiger partial charge >= 0.3 is 0 Å². The van der Waals surface area contributed by atoms with Crippen LogP contribution in [0.1, 0.15) is 11.1 Å². The lowest BCUT2D eigenvalue weighted by Gasteiger charge is -2.05. The summed E-state index contributed by atoms with van der Waals surface area (Å²) in [5, 5.41) is 9.18. The van der Waals surface area contributed by atoms with E-state index >= 15 is 0 Å². The lowest BCUT2D eigenvalue weighted by molar-refractivity contribution is 0.350. The van der Waals surface area contributed by atoms with Crippen LogP contribution in [-0.4, -0.2) is 21.7 Å². The predicted octanol–water partition coefficient (Wildman–Crippen LogP) is 1.42. The molecule has 5 nitrogen and oxygen atoms in total. The van der Waals surface area contributed by atoms with Crippen molar-refractivity contribution in [1.82, 2.24) is 9.97 Å². The number of aliphatic hydroxyl groups is 1. The molecule has 108 valence electrons. The van der Waals surface area contributed by atoms with Crippen LogP contribution in [0.5, 0.6) is 0 Å². The largest absolute Gasteiger partial charge is 0.384 e. The lowest BCUT2D eigenvalue weighted by atomic mass is 10.1. The van der Waals surface area contributed by atoms with Gasteiger partial charge in [0.25, 0.3) is 0 Å². The molecule has 0 bridgehead atoms. The number of halogens is 1. The molecule has 2 aromatic rings. The first-order valence-corrected chi connectivity index (χ1v) is 6.98. The van der Waals surface area contributed by atoms with Crippen molar-refractivity contribution in [1.29, 1.82) is 0 Å². The quantitative estimate of drug-likeness (QED) is 0.451. The second-order valence-electron chi connectivity index (χ2n) is 4.05. The smallest absolute Gasteiger partial charge is 0.191 e. The van der Waals surface area contributed by atoms with Gasteiger partial charge in [-0.3, -0.25) is 0 Å². The SMILES string of the molecule is Nc1cc(N)nc(SCc2ccc(F)cc2C#CCO)n1. The van der Waals surface area contributed by atoms with Crippen molar-refractivity contribution < 1.29 is 9.50 Å². The van der Waals surface area contributed by atoms with Gasteiger partial charge in [-0.15, -0.1) is 0 Å². The van der Waals surface area contributed by atoms with E-state index in [9.17, 15) is 4.39 Å². The van der Waals surface area contributed by atoms with E-state index in [0.717, 1.165) is 5.56 Å². The molecule has 0 aliphatic heterocycles. The summed E-state index contributed by atoms with van der Waals surface area (Å²) < 4.78 is 13.2. The van der Waals surface area contributed by atoms with Crippen molar-refractivity contribution >= 4 is 23.4 Å². The molecule has 0 aliphatic rings. The number of nitrogens with zero attached hydrogens (tertiary/aromatic N) is 2. The van der Waals surface area contributed by atoms with E-state index in [-0.39, 0.29) is 12.4 Å². The van der Waals surface area contributed by atoms with Crippen LogP contribution >= 0.6 is 11.8 Å². The number of nitrogen functional groups attached to an aromatic ring is 2. The molecular formula is C14H13FN4OS. The van der Waals surface area contributed by atoms with Crippen LogP contribution in [0, 0.1) is 17.7 Å². The first kappa shape index (κ1) is 15.1. The first-order chi connectivity index (χ1) is 10.1. The lowest BCUT2D eigenvalue weighted by Crippen LogP contribution is -1.99. The zero-order chi connectivity index (χ0) is 15.2. The van der Waals surface area contributed by atoms with Crippen molar-refractivity contribution in [2.75, 3.05) is 18.1 Å². The molecule has 0 saturated heterocycles. The number of benzene rings is 1. The predicted molar refractivity (Wildman–Crippen MR) is 80.8 cm³/mol. The Balaban J connectivity index is 2.19. The Morgan fingerprint density at radius 3 is 2.57 bits per heavy atom. The zero-order valence-electron chi connectivity index (χ0n) is 11.0. The van der Waals surface area contributed by atoms with Crippen LogP contribution in [0.4, 0.5) is 16.0 Å². The number of hydrogen-bond acceptors (Lipinski definition) is 6. The summed E-state index contributed by atoms with van der Waals surface area (Å²) in [5.74, 6) is 5.92. The highest BCUT2D eigenvalue weighted by Crippen LogP contribution is 2.23. The maximum Gasteiger partial charge on any atom is 0.191 e. The fraction of sp³-hybridized carbons (Fsp3) is 0.143. The molecule has 5 N–H and O–H groups in total. The van der Waals surface area contributed by atoms with Gasteiger partial charge in [-0.1, -0.05) is 29.7 Å². The summed E-state index contributed by atoms with van der Waals surface area (Å²) in [6.45, 7) is -0.280. The minimum Gasteiger partial charge on any atom is -0.384 e. The second-order valence-corrected chi connectivity index (χ2v) is 4.99. The number of aromatic nitrogens is 2. The molecule has 0 unspecified atom stereocenters. The van der Waals surface area contributed by atoms with E-state index in [2.05, 4.69) is 21.8 Å². The summed E-state index contributed by atoms with van der Waals surface area (Å²) in [6.07, 6.45) is 0. The Labute approximate surface area is 125 Å². The summed E-state index contributed by atoms with van der Waals surface area (Å²) in [7, 11) is 0. The number of anilines is 2. The number of aliphatic hydroxyl groups excluding tert-OH is 1. The minimum atomic E-state index is -0.379. The molecule has 0 fully saturated rings. The van der Waals surface area contributed by atoms with Crippen LogP contribution in [0.25, 0.3) is 0 Å². The molecule has 0 aliphatic carbocycles. The van der Waals surface area contributed by atoms with Gasteiger partial charge in [-0.2, -0.15) is 0 Å². The van der Waals surface area contributed by atoms with E-state index in [1.165, 1.54) is 30.0 Å². The molecule has 0 amide bonds. The van der Waals surface area contributed by atoms with E-state index in [1.54, 1.807) is 6.07 Å². The Morgan fingerprint density at radius 1 is 1.19 bits per heavy atom. The van der Waals surface area contributed by atoms with Crippen LogP contribution in [-0.2, 0) is 5.75 Å². The first-order valence-electron chi connectivity index (χ1n) is 5.99. The Kier molecular flexibility index (Phi) is 4.98. The highest BCUT2D eigenvalue weighted by molar-refractivity contribution is 7.98. The molecule has 2 rings (SSSR count). The van der Waals surface area contributed by atoms with Crippen molar-refractivity contribution in [2.45, 2.75) is 10.9 Å². The number of rotatable bonds is 3. The monoisotopic (exact) mass is 304 g/mol. The topological polar surface area (TPSA) is 98.1 Å². The van der Waals surface area contributed by atoms with Crippen molar-refractivity contribution in [3.63, 3.8) is 0 Å². The number of nitrogens with two attached hydrogens (primary N) is 2. The molecule has 1 heterocycles. The standard InChI is InChI=1S/C14H13FN4OS/c15-11-4-3-10(9(6-11)2-1-5-20)8-21-14-18-12(16)7-13(17)19-14/h3-4,6-7,20H,5,8H2,(H4,16,17,18,19). The summed E-state index contributed by atoms with van der Waals surface area (Å²) in [5.41, 5.74) is 12.5. The second kappa shape index (κ2) is 6.92. The average molecular weight is 304 g/mol. The number of hydrogen-bond donors (Lipinski definition) is 3.